The number of rotatable bonds is 9. The van der Waals surface area contributed by atoms with Crippen molar-refractivity contribution in [2.75, 3.05) is 32.1 Å². The number of aromatic nitrogens is 1. The van der Waals surface area contributed by atoms with E-state index in [2.05, 4.69) is 10.3 Å². The van der Waals surface area contributed by atoms with Crippen LogP contribution in [0.15, 0.2) is 29.6 Å². The molecule has 2 rings (SSSR count). The van der Waals surface area contributed by atoms with Crippen LogP contribution in [0.2, 0.25) is 0 Å². The number of hydrogen-bond acceptors (Lipinski definition) is 6. The van der Waals surface area contributed by atoms with Crippen LogP contribution in [-0.2, 0) is 9.53 Å². The van der Waals surface area contributed by atoms with Crippen LogP contribution in [0.1, 0.15) is 16.9 Å². The molecule has 1 heterocycles. The molecule has 0 saturated heterocycles. The Labute approximate surface area is 148 Å². The summed E-state index contributed by atoms with van der Waals surface area (Å²) >= 11 is 1.16. The van der Waals surface area contributed by atoms with Crippen LogP contribution in [0.5, 0.6) is 0 Å². The first-order valence-electron chi connectivity index (χ1n) is 7.48. The van der Waals surface area contributed by atoms with E-state index in [-0.39, 0.29) is 37.5 Å². The SMILES string of the molecule is COCCN(CCC(=O)O)C(=O)c1csc(Nc2ccccc2F)n1. The highest BCUT2D eigenvalue weighted by Gasteiger charge is 2.19. The number of carbonyl (C=O) groups is 2. The zero-order valence-corrected chi connectivity index (χ0v) is 14.4. The number of thiazole rings is 1. The predicted molar refractivity (Wildman–Crippen MR) is 91.8 cm³/mol. The molecule has 0 fully saturated rings. The van der Waals surface area contributed by atoms with Gasteiger partial charge in [-0.3, -0.25) is 9.59 Å². The Morgan fingerprint density at radius 2 is 2.12 bits per heavy atom. The van der Waals surface area contributed by atoms with E-state index in [0.717, 1.165) is 11.3 Å². The quantitative estimate of drug-likeness (QED) is 0.708. The fourth-order valence-corrected chi connectivity index (χ4v) is 2.71. The number of carbonyl (C=O) groups excluding carboxylic acids is 1. The van der Waals surface area contributed by atoms with Gasteiger partial charge in [-0.25, -0.2) is 9.37 Å². The molecule has 0 aliphatic rings. The van der Waals surface area contributed by atoms with Crippen LogP contribution in [0.4, 0.5) is 15.2 Å². The van der Waals surface area contributed by atoms with Gasteiger partial charge in [0, 0.05) is 25.6 Å². The molecule has 0 spiro atoms. The largest absolute Gasteiger partial charge is 0.481 e. The second-order valence-corrected chi connectivity index (χ2v) is 5.93. The fourth-order valence-electron chi connectivity index (χ4n) is 2.02. The second-order valence-electron chi connectivity index (χ2n) is 5.07. The molecule has 2 aromatic rings. The number of nitrogens with one attached hydrogen (secondary N) is 1. The monoisotopic (exact) mass is 367 g/mol. The van der Waals surface area contributed by atoms with E-state index >= 15 is 0 Å². The maximum atomic E-state index is 13.7. The molecular weight excluding hydrogens is 349 g/mol. The molecule has 0 aliphatic heterocycles. The Morgan fingerprint density at radius 1 is 1.36 bits per heavy atom. The standard InChI is InChI=1S/C16H18FN3O4S/c1-24-9-8-20(7-6-14(21)22)15(23)13-10-25-16(19-13)18-12-5-3-2-4-11(12)17/h2-5,10H,6-9H2,1H3,(H,18,19)(H,21,22). The van der Waals surface area contributed by atoms with E-state index in [0.29, 0.717) is 5.13 Å². The van der Waals surface area contributed by atoms with Crippen molar-refractivity contribution in [2.45, 2.75) is 6.42 Å². The van der Waals surface area contributed by atoms with Gasteiger partial charge >= 0.3 is 5.97 Å². The number of nitrogens with zero attached hydrogens (tertiary/aromatic N) is 2. The van der Waals surface area contributed by atoms with Gasteiger partial charge in [0.2, 0.25) is 0 Å². The van der Waals surface area contributed by atoms with Crippen molar-refractivity contribution in [2.24, 2.45) is 0 Å². The molecule has 1 amide bonds. The molecule has 0 bridgehead atoms. The second kappa shape index (κ2) is 9.09. The molecule has 0 saturated carbocycles. The zero-order chi connectivity index (χ0) is 18.2. The van der Waals surface area contributed by atoms with Crippen LogP contribution in [0, 0.1) is 5.82 Å². The molecule has 0 radical (unpaired) electrons. The molecule has 9 heteroatoms. The summed E-state index contributed by atoms with van der Waals surface area (Å²) in [6, 6.07) is 6.15. The minimum absolute atomic E-state index is 0.0606. The first-order chi connectivity index (χ1) is 12.0. The summed E-state index contributed by atoms with van der Waals surface area (Å²) in [4.78, 5) is 28.8. The lowest BCUT2D eigenvalue weighted by Gasteiger charge is -2.20. The van der Waals surface area contributed by atoms with Crippen LogP contribution >= 0.6 is 11.3 Å². The molecule has 0 unspecified atom stereocenters. The highest BCUT2D eigenvalue weighted by Crippen LogP contribution is 2.23. The van der Waals surface area contributed by atoms with Gasteiger partial charge in [-0.2, -0.15) is 0 Å². The van der Waals surface area contributed by atoms with Gasteiger partial charge in [0.25, 0.3) is 5.91 Å². The number of carboxylic acid groups (broad SMARTS) is 1. The summed E-state index contributed by atoms with van der Waals surface area (Å²) in [7, 11) is 1.50. The smallest absolute Gasteiger partial charge is 0.305 e. The normalized spacial score (nSPS) is 10.5. The van der Waals surface area contributed by atoms with Gasteiger partial charge in [-0.15, -0.1) is 11.3 Å². The predicted octanol–water partition coefficient (Wildman–Crippen LogP) is 2.59. The number of para-hydroxylation sites is 1. The van der Waals surface area contributed by atoms with Crippen molar-refractivity contribution in [3.63, 3.8) is 0 Å². The Hall–Kier alpha value is -2.52. The summed E-state index contributed by atoms with van der Waals surface area (Å²) in [5, 5.41) is 13.5. The number of halogens is 1. The van der Waals surface area contributed by atoms with Crippen LogP contribution in [0.25, 0.3) is 0 Å². The maximum absolute atomic E-state index is 13.7. The molecule has 7 nitrogen and oxygen atoms in total. The third kappa shape index (κ3) is 5.50. The number of aliphatic carboxylic acids is 1. The highest BCUT2D eigenvalue weighted by molar-refractivity contribution is 7.14. The van der Waals surface area contributed by atoms with Crippen molar-refractivity contribution in [1.82, 2.24) is 9.88 Å². The number of benzene rings is 1. The van der Waals surface area contributed by atoms with Crippen molar-refractivity contribution >= 4 is 34.0 Å². The molecule has 1 aromatic carbocycles. The third-order valence-electron chi connectivity index (χ3n) is 3.29. The van der Waals surface area contributed by atoms with Gasteiger partial charge in [0.05, 0.1) is 18.7 Å². The number of hydrogen-bond donors (Lipinski definition) is 2. The van der Waals surface area contributed by atoms with Gasteiger partial charge < -0.3 is 20.1 Å². The van der Waals surface area contributed by atoms with E-state index < -0.39 is 17.7 Å². The Kier molecular flexibility index (Phi) is 6.84. The summed E-state index contributed by atoms with van der Waals surface area (Å²) < 4.78 is 18.6. The van der Waals surface area contributed by atoms with Crippen LogP contribution in [-0.4, -0.2) is 53.7 Å². The molecule has 0 atom stereocenters. The summed E-state index contributed by atoms with van der Waals surface area (Å²) in [6.07, 6.45) is -0.167. The van der Waals surface area contributed by atoms with Crippen LogP contribution in [0.3, 0.4) is 0 Å². The Balaban J connectivity index is 2.08. The Bertz CT molecular complexity index is 738. The Morgan fingerprint density at radius 3 is 2.80 bits per heavy atom. The molecule has 1 aromatic heterocycles. The van der Waals surface area contributed by atoms with E-state index in [1.54, 1.807) is 23.6 Å². The maximum Gasteiger partial charge on any atom is 0.305 e. The van der Waals surface area contributed by atoms with Crippen molar-refractivity contribution in [3.05, 3.63) is 41.2 Å². The topological polar surface area (TPSA) is 91.8 Å². The average molecular weight is 367 g/mol. The number of methoxy groups -OCH3 is 1. The number of amides is 1. The summed E-state index contributed by atoms with van der Waals surface area (Å²) in [6.45, 7) is 0.608. The van der Waals surface area contributed by atoms with Crippen LogP contribution < -0.4 is 5.32 Å². The molecule has 134 valence electrons. The molecule has 2 N–H and O–H groups in total. The van der Waals surface area contributed by atoms with Crippen molar-refractivity contribution < 1.29 is 23.8 Å². The number of anilines is 2. The van der Waals surface area contributed by atoms with Crippen molar-refractivity contribution in [1.29, 1.82) is 0 Å². The first-order valence-corrected chi connectivity index (χ1v) is 8.36. The highest BCUT2D eigenvalue weighted by atomic mass is 32.1. The molecule has 0 aliphatic carbocycles. The van der Waals surface area contributed by atoms with Gasteiger partial charge in [-0.1, -0.05) is 12.1 Å². The average Bonchev–Trinajstić information content (AvgIpc) is 3.05. The molecule has 25 heavy (non-hydrogen) atoms. The van der Waals surface area contributed by atoms with Gasteiger partial charge in [-0.05, 0) is 12.1 Å². The van der Waals surface area contributed by atoms with Gasteiger partial charge in [0.1, 0.15) is 11.5 Å². The number of ether oxygens (including phenoxy) is 1. The lowest BCUT2D eigenvalue weighted by Crippen LogP contribution is -2.35. The van der Waals surface area contributed by atoms with Gasteiger partial charge in [0.15, 0.2) is 5.13 Å². The lowest BCUT2D eigenvalue weighted by molar-refractivity contribution is -0.137. The first kappa shape index (κ1) is 18.8. The summed E-state index contributed by atoms with van der Waals surface area (Å²) in [5.41, 5.74) is 0.434. The van der Waals surface area contributed by atoms with Crippen molar-refractivity contribution in [3.8, 4) is 0 Å². The van der Waals surface area contributed by atoms with E-state index in [1.807, 2.05) is 0 Å². The summed E-state index contributed by atoms with van der Waals surface area (Å²) in [5.74, 6) is -1.81. The minimum atomic E-state index is -0.990. The molecular formula is C16H18FN3O4S. The van der Waals surface area contributed by atoms with E-state index in [1.165, 1.54) is 18.1 Å². The third-order valence-corrected chi connectivity index (χ3v) is 4.04. The number of carboxylic acids is 1. The fraction of sp³-hybridized carbons (Fsp3) is 0.312. The van der Waals surface area contributed by atoms with E-state index in [4.69, 9.17) is 9.84 Å². The lowest BCUT2D eigenvalue weighted by atomic mass is 10.3. The minimum Gasteiger partial charge on any atom is -0.481 e. The zero-order valence-electron chi connectivity index (χ0n) is 13.6. The van der Waals surface area contributed by atoms with E-state index in [9.17, 15) is 14.0 Å².